The summed E-state index contributed by atoms with van der Waals surface area (Å²) in [7, 11) is -5.21. The number of carbonyl (C=O) groups excluding carboxylic acids is 1. The van der Waals surface area contributed by atoms with E-state index in [0.29, 0.717) is 6.42 Å². The molecule has 0 saturated heterocycles. The number of carbonyl (C=O) groups is 1. The Kier molecular flexibility index (Phi) is 14.8. The molecule has 0 aliphatic carbocycles. The van der Waals surface area contributed by atoms with Crippen LogP contribution >= 0.6 is 7.91 Å². The lowest BCUT2D eigenvalue weighted by Gasteiger charge is -2.10. The van der Waals surface area contributed by atoms with Gasteiger partial charge in [-0.2, -0.15) is 0 Å². The smallest absolute Gasteiger partial charge is 0.367 e. The van der Waals surface area contributed by atoms with Gasteiger partial charge in [-0.25, -0.2) is 4.57 Å². The molecule has 0 radical (unpaired) electrons. The van der Waals surface area contributed by atoms with Crippen LogP contribution in [-0.4, -0.2) is 10.9 Å². The van der Waals surface area contributed by atoms with Gasteiger partial charge in [0, 0.05) is 0 Å². The minimum absolute atomic E-state index is 0.539. The van der Waals surface area contributed by atoms with Crippen LogP contribution in [-0.2, 0) is 13.9 Å². The van der Waals surface area contributed by atoms with Crippen molar-refractivity contribution in [3.63, 3.8) is 0 Å². The van der Waals surface area contributed by atoms with E-state index >= 15 is 0 Å². The first-order valence-electron chi connectivity index (χ1n) is 9.42. The SMILES string of the molecule is CCCCC/C=C\C/C=C\CCCCCCC(C)C(=O)OP(=O)(O)F. The molecule has 146 valence electrons. The molecular weight excluding hydrogens is 342 g/mol. The Labute approximate surface area is 152 Å². The van der Waals surface area contributed by atoms with Crippen molar-refractivity contribution in [1.29, 1.82) is 0 Å². The number of hydrogen-bond donors (Lipinski definition) is 1. The van der Waals surface area contributed by atoms with Crippen LogP contribution in [0.1, 0.15) is 84.5 Å². The van der Waals surface area contributed by atoms with E-state index in [9.17, 15) is 13.6 Å². The highest BCUT2D eigenvalue weighted by Crippen LogP contribution is 2.44. The van der Waals surface area contributed by atoms with E-state index in [4.69, 9.17) is 4.89 Å². The summed E-state index contributed by atoms with van der Waals surface area (Å²) < 4.78 is 26.6. The molecule has 2 unspecified atom stereocenters. The van der Waals surface area contributed by atoms with Crippen molar-refractivity contribution >= 4 is 13.9 Å². The van der Waals surface area contributed by atoms with Crippen LogP contribution in [0.4, 0.5) is 4.20 Å². The zero-order valence-corrected chi connectivity index (χ0v) is 16.6. The predicted octanol–water partition coefficient (Wildman–Crippen LogP) is 6.66. The molecule has 6 heteroatoms. The second-order valence-electron chi connectivity index (χ2n) is 6.43. The van der Waals surface area contributed by atoms with Crippen LogP contribution in [0.5, 0.6) is 0 Å². The van der Waals surface area contributed by atoms with Crippen LogP contribution in [0.2, 0.25) is 0 Å². The van der Waals surface area contributed by atoms with Crippen molar-refractivity contribution in [2.24, 2.45) is 5.92 Å². The fraction of sp³-hybridized carbons (Fsp3) is 0.737. The summed E-state index contributed by atoms with van der Waals surface area (Å²) in [5, 5.41) is 0. The number of unbranched alkanes of at least 4 members (excludes halogenated alkanes) is 7. The lowest BCUT2D eigenvalue weighted by molar-refractivity contribution is -0.139. The normalized spacial score (nSPS) is 15.5. The topological polar surface area (TPSA) is 63.6 Å². The molecule has 1 N–H and O–H groups in total. The van der Waals surface area contributed by atoms with Gasteiger partial charge in [0.25, 0.3) is 0 Å². The molecule has 0 spiro atoms. The molecule has 0 rings (SSSR count). The van der Waals surface area contributed by atoms with E-state index < -0.39 is 19.8 Å². The molecular formula is C19H34FO4P. The van der Waals surface area contributed by atoms with Gasteiger partial charge in [-0.1, -0.05) is 70.3 Å². The fourth-order valence-electron chi connectivity index (χ4n) is 2.40. The first kappa shape index (κ1) is 24.1. The highest BCUT2D eigenvalue weighted by Gasteiger charge is 2.26. The number of halogens is 1. The van der Waals surface area contributed by atoms with Gasteiger partial charge in [0.05, 0.1) is 5.92 Å². The Hall–Kier alpha value is -0.930. The quantitative estimate of drug-likeness (QED) is 0.197. The van der Waals surface area contributed by atoms with Gasteiger partial charge >= 0.3 is 13.9 Å². The minimum atomic E-state index is -5.21. The van der Waals surface area contributed by atoms with Gasteiger partial charge in [-0.05, 0) is 38.5 Å². The third-order valence-corrected chi connectivity index (χ3v) is 4.35. The fourth-order valence-corrected chi connectivity index (χ4v) is 2.81. The maximum atomic E-state index is 12.4. The Morgan fingerprint density at radius 1 is 1.04 bits per heavy atom. The van der Waals surface area contributed by atoms with E-state index in [-0.39, 0.29) is 0 Å². The third kappa shape index (κ3) is 17.7. The molecule has 0 aliphatic rings. The zero-order chi connectivity index (χ0) is 19.0. The van der Waals surface area contributed by atoms with E-state index in [2.05, 4.69) is 35.8 Å². The maximum Gasteiger partial charge on any atom is 0.569 e. The summed E-state index contributed by atoms with van der Waals surface area (Å²) in [5.74, 6) is -1.50. The van der Waals surface area contributed by atoms with Gasteiger partial charge in [0.1, 0.15) is 0 Å². The van der Waals surface area contributed by atoms with Crippen molar-refractivity contribution < 1.29 is 23.0 Å². The van der Waals surface area contributed by atoms with Crippen LogP contribution in [0.25, 0.3) is 0 Å². The van der Waals surface area contributed by atoms with Crippen molar-refractivity contribution in [1.82, 2.24) is 0 Å². The van der Waals surface area contributed by atoms with E-state index in [1.54, 1.807) is 6.92 Å². The molecule has 0 heterocycles. The van der Waals surface area contributed by atoms with Crippen molar-refractivity contribution in [2.45, 2.75) is 84.5 Å². The molecule has 4 nitrogen and oxygen atoms in total. The summed E-state index contributed by atoms with van der Waals surface area (Å²) in [5.41, 5.74) is 0. The summed E-state index contributed by atoms with van der Waals surface area (Å²) in [6.45, 7) is 3.79. The van der Waals surface area contributed by atoms with Gasteiger partial charge in [-0.3, -0.25) is 9.69 Å². The summed E-state index contributed by atoms with van der Waals surface area (Å²) in [6.07, 6.45) is 20.5. The Morgan fingerprint density at radius 2 is 1.60 bits per heavy atom. The van der Waals surface area contributed by atoms with Crippen LogP contribution in [0, 0.1) is 5.92 Å². The summed E-state index contributed by atoms with van der Waals surface area (Å²) >= 11 is 0. The molecule has 0 amide bonds. The van der Waals surface area contributed by atoms with E-state index in [1.807, 2.05) is 0 Å². The standard InChI is InChI=1S/C19H34FO4P/c1-3-4-5-6-7-8-9-10-11-12-13-14-15-16-17-18(2)19(21)24-25(20,22)23/h7-8,10-11,18H,3-6,9,12-17H2,1-2H3,(H,22,23)/b8-7-,11-10-. The first-order chi connectivity index (χ1) is 11.9. The Bertz CT molecular complexity index is 443. The van der Waals surface area contributed by atoms with Gasteiger partial charge < -0.3 is 4.52 Å². The summed E-state index contributed by atoms with van der Waals surface area (Å²) in [4.78, 5) is 19.7. The lowest BCUT2D eigenvalue weighted by atomic mass is 10.0. The monoisotopic (exact) mass is 376 g/mol. The van der Waals surface area contributed by atoms with Crippen molar-refractivity contribution in [3.8, 4) is 0 Å². The van der Waals surface area contributed by atoms with Crippen LogP contribution < -0.4 is 0 Å². The predicted molar refractivity (Wildman–Crippen MR) is 101 cm³/mol. The Morgan fingerprint density at radius 3 is 2.16 bits per heavy atom. The van der Waals surface area contributed by atoms with Gasteiger partial charge in [0.2, 0.25) is 0 Å². The highest BCUT2D eigenvalue weighted by atomic mass is 31.2. The molecule has 0 fully saturated rings. The highest BCUT2D eigenvalue weighted by molar-refractivity contribution is 7.47. The number of hydrogen-bond acceptors (Lipinski definition) is 3. The van der Waals surface area contributed by atoms with Crippen molar-refractivity contribution in [2.75, 3.05) is 0 Å². The average Bonchev–Trinajstić information content (AvgIpc) is 2.53. The molecule has 25 heavy (non-hydrogen) atoms. The zero-order valence-electron chi connectivity index (χ0n) is 15.7. The molecule has 0 aliphatic heterocycles. The third-order valence-electron chi connectivity index (χ3n) is 3.94. The molecule has 0 saturated carbocycles. The second-order valence-corrected chi connectivity index (χ2v) is 7.51. The minimum Gasteiger partial charge on any atom is -0.367 e. The molecule has 0 aromatic carbocycles. The van der Waals surface area contributed by atoms with E-state index in [1.165, 1.54) is 25.7 Å². The number of rotatable bonds is 15. The van der Waals surface area contributed by atoms with Crippen LogP contribution in [0.3, 0.4) is 0 Å². The number of allylic oxidation sites excluding steroid dienone is 4. The summed E-state index contributed by atoms with van der Waals surface area (Å²) in [6, 6.07) is 0. The van der Waals surface area contributed by atoms with Gasteiger partial charge in [0.15, 0.2) is 0 Å². The van der Waals surface area contributed by atoms with E-state index in [0.717, 1.165) is 38.5 Å². The largest absolute Gasteiger partial charge is 0.569 e. The first-order valence-corrected chi connectivity index (χ1v) is 10.9. The average molecular weight is 376 g/mol. The molecule has 2 atom stereocenters. The Balaban J connectivity index is 3.50. The molecule has 0 aromatic rings. The maximum absolute atomic E-state index is 12.4. The van der Waals surface area contributed by atoms with Crippen molar-refractivity contribution in [3.05, 3.63) is 24.3 Å². The van der Waals surface area contributed by atoms with Gasteiger partial charge in [-0.15, -0.1) is 4.20 Å². The molecule has 0 bridgehead atoms. The van der Waals surface area contributed by atoms with Crippen LogP contribution in [0.15, 0.2) is 24.3 Å². The molecule has 0 aromatic heterocycles. The second kappa shape index (κ2) is 15.3. The lowest BCUT2D eigenvalue weighted by Crippen LogP contribution is -2.12.